The number of hydrogen-bond acceptors (Lipinski definition) is 24. The summed E-state index contributed by atoms with van der Waals surface area (Å²) < 4.78 is 11.6. The van der Waals surface area contributed by atoms with Crippen molar-refractivity contribution < 1.29 is 122 Å². The lowest BCUT2D eigenvalue weighted by atomic mass is 9.85. The average Bonchev–Trinajstić information content (AvgIpc) is 0.872. The number of ether oxygens (including phenoxy) is 2. The van der Waals surface area contributed by atoms with E-state index in [2.05, 4.69) is 12.7 Å². The minimum absolute atomic E-state index is 0.0254. The maximum absolute atomic E-state index is 11.2. The Morgan fingerprint density at radius 3 is 1.72 bits per heavy atom. The lowest BCUT2D eigenvalue weighted by molar-refractivity contribution is -0.250. The van der Waals surface area contributed by atoms with Gasteiger partial charge in [0.15, 0.2) is 0 Å². The first-order valence-corrected chi connectivity index (χ1v) is 34.1. The van der Waals surface area contributed by atoms with Crippen LogP contribution in [0, 0.1) is 17.8 Å². The van der Waals surface area contributed by atoms with E-state index in [1.807, 2.05) is 6.08 Å². The monoisotopic (exact) mass is 1340 g/mol. The molecule has 24 nitrogen and oxygen atoms in total. The third-order valence-corrected chi connectivity index (χ3v) is 18.6. The van der Waals surface area contributed by atoms with Crippen molar-refractivity contribution in [2.24, 2.45) is 17.8 Å². The third kappa shape index (κ3) is 31.7. The van der Waals surface area contributed by atoms with Crippen LogP contribution in [0.3, 0.4) is 0 Å². The summed E-state index contributed by atoms with van der Waals surface area (Å²) >= 11 is 5.50. The molecule has 0 amide bonds. The summed E-state index contributed by atoms with van der Waals surface area (Å²) in [6, 6.07) is 0. The summed E-state index contributed by atoms with van der Waals surface area (Å²) in [4.78, 5) is 0. The van der Waals surface area contributed by atoms with E-state index in [0.29, 0.717) is 44.9 Å². The quantitative estimate of drug-likeness (QED) is 0.0227. The van der Waals surface area contributed by atoms with Gasteiger partial charge in [-0.05, 0) is 139 Å². The Balaban J connectivity index is 1.79. The molecule has 0 unspecified atom stereocenters. The smallest absolute Gasteiger partial charge is 0.115 e. The molecule has 2 aliphatic rings. The highest BCUT2D eigenvalue weighted by molar-refractivity contribution is 6.25. The van der Waals surface area contributed by atoms with Crippen LogP contribution in [0.1, 0.15) is 181 Å². The molecule has 0 aromatic rings. The number of aliphatic hydroxyl groups excluding tert-OH is 22. The second-order valence-electron chi connectivity index (χ2n) is 26.4. The highest BCUT2D eigenvalue weighted by Gasteiger charge is 2.49. The van der Waals surface area contributed by atoms with E-state index in [1.165, 1.54) is 11.6 Å². The van der Waals surface area contributed by atoms with Crippen molar-refractivity contribution in [3.8, 4) is 0 Å². The Hall–Kier alpha value is -1.97. The summed E-state index contributed by atoms with van der Waals surface area (Å²) in [5, 5.41) is 235. The highest BCUT2D eigenvalue weighted by Crippen LogP contribution is 2.33. The van der Waals surface area contributed by atoms with Gasteiger partial charge in [-0.2, -0.15) is 0 Å². The molecule has 0 aromatic heterocycles. The molecule has 540 valence electrons. The maximum Gasteiger partial charge on any atom is 0.115 e. The van der Waals surface area contributed by atoms with E-state index in [-0.39, 0.29) is 76.4 Å². The molecule has 0 spiro atoms. The van der Waals surface area contributed by atoms with Crippen LogP contribution in [0.4, 0.5) is 0 Å². The largest absolute Gasteiger partial charge is 0.394 e. The van der Waals surface area contributed by atoms with Crippen LogP contribution >= 0.6 is 11.6 Å². The third-order valence-electron chi connectivity index (χ3n) is 18.4. The molecular formula is C67H121ClO24. The van der Waals surface area contributed by atoms with Crippen LogP contribution in [0.2, 0.25) is 0 Å². The Kier molecular flexibility index (Phi) is 44.1. The average molecular weight is 1350 g/mol. The van der Waals surface area contributed by atoms with Gasteiger partial charge in [-0.3, -0.25) is 0 Å². The minimum Gasteiger partial charge on any atom is -0.394 e. The predicted octanol–water partition coefficient (Wildman–Crippen LogP) is 0.731. The molecule has 0 saturated carbocycles. The molecule has 0 bridgehead atoms. The lowest BCUT2D eigenvalue weighted by Crippen LogP contribution is -2.61. The molecule has 2 aliphatic heterocycles. The molecule has 25 heteroatoms. The molecule has 22 N–H and O–H groups in total. The number of allylic oxidation sites excluding steroid dienone is 4. The van der Waals surface area contributed by atoms with Gasteiger partial charge in [0, 0.05) is 18.4 Å². The fraction of sp³-hybridized carbons (Fsp3) is 0.851. The number of aliphatic hydroxyl groups is 22. The predicted molar refractivity (Wildman–Crippen MR) is 345 cm³/mol. The molecule has 0 aliphatic carbocycles. The van der Waals surface area contributed by atoms with Gasteiger partial charge in [-0.1, -0.05) is 114 Å². The van der Waals surface area contributed by atoms with Crippen molar-refractivity contribution in [1.82, 2.24) is 0 Å². The number of halogens is 1. The second kappa shape index (κ2) is 47.1. The van der Waals surface area contributed by atoms with Crippen molar-refractivity contribution in [3.63, 3.8) is 0 Å². The Bertz CT molecular complexity index is 2030. The Morgan fingerprint density at radius 2 is 1.08 bits per heavy atom. The van der Waals surface area contributed by atoms with Gasteiger partial charge < -0.3 is 122 Å². The molecular weight excluding hydrogens is 1220 g/mol. The summed E-state index contributed by atoms with van der Waals surface area (Å²) in [6.07, 6.45) is -13.8. The van der Waals surface area contributed by atoms with Gasteiger partial charge in [0.05, 0.1) is 92.1 Å². The van der Waals surface area contributed by atoms with Crippen LogP contribution in [-0.4, -0.2) is 272 Å². The lowest BCUT2D eigenvalue weighted by Gasteiger charge is -2.43. The molecule has 0 aromatic carbocycles. The maximum atomic E-state index is 11.2. The molecule has 2 rings (SSSR count). The SMILES string of the molecule is C=C(CC[C@H](O)[C@H]1O[C@H](C[C@@H](O)[C@H](O)[C@H](C)CCC[C@@H](O)[C@H](O)[C@H](O)[C@@H](C)CC[C@@H](O)[C@H](O)[C@H](C)C[C@@H](O)CCC[C@@H](O)CCC[C@@H](O)/C=C/C[C@@H](O)CO)[C@@H](O)[C@@H](O)[C@@H]1O)[C@H](O)[C@H](O)[C@@H]1C[C@H](O)[C@H](O)[C@@H]([C@H](O)[C@@H](O)/C=C/CCCCCCCC/C=C/C=C/Cl)O1. The van der Waals surface area contributed by atoms with Gasteiger partial charge in [0.25, 0.3) is 0 Å². The summed E-state index contributed by atoms with van der Waals surface area (Å²) in [7, 11) is 0. The molecule has 28 atom stereocenters. The summed E-state index contributed by atoms with van der Waals surface area (Å²) in [5.41, 5.74) is 1.41. The fourth-order valence-electron chi connectivity index (χ4n) is 12.0. The van der Waals surface area contributed by atoms with Gasteiger partial charge in [-0.15, -0.1) is 0 Å². The van der Waals surface area contributed by atoms with Crippen molar-refractivity contribution >= 4 is 11.6 Å². The standard InChI is InChI=1S/C67H121ClO24/c1-39(21-17-29-47(74)59(84)57(82)40(2)30-32-49(76)56(81)42(4)35-45(72)26-19-24-43(70)22-18-23-44(71)25-20-27-46(73)38-69)55(80)51(78)36-54-63(88)64(89)65(90)66(91-54)50(77)33-31-41(3)58(83)62(87)53-37-52(79)61(86)67(92-53)60(85)48(75)28-15-13-11-9-7-5-6-8-10-12-14-16-34-68/h12,14-16,20,25,28,34,39-40,42-67,69-90H,3,5-11,13,17-19,21-24,26-27,29-33,35-38H2,1-2,4H3/b14-12+,25-20+,28-15+,34-16+/t39-,40+,42-,43+,44-,45+,46-,47-,48+,49-,50+,51-,52+,53+,54-,55-,56-,57-,58+,59+,60-,61+,62-,63-,64-,65+,66-,67-/m1/s1. The zero-order valence-electron chi connectivity index (χ0n) is 54.4. The van der Waals surface area contributed by atoms with Crippen molar-refractivity contribution in [3.05, 3.63) is 60.2 Å². The van der Waals surface area contributed by atoms with Gasteiger partial charge in [0.2, 0.25) is 0 Å². The van der Waals surface area contributed by atoms with E-state index < -0.39 is 177 Å². The molecule has 0 radical (unpaired) electrons. The van der Waals surface area contributed by atoms with Crippen LogP contribution in [0.5, 0.6) is 0 Å². The second-order valence-corrected chi connectivity index (χ2v) is 26.7. The fourth-order valence-corrected chi connectivity index (χ4v) is 12.1. The van der Waals surface area contributed by atoms with E-state index in [0.717, 1.165) is 44.9 Å². The van der Waals surface area contributed by atoms with Gasteiger partial charge in [-0.25, -0.2) is 0 Å². The first-order chi connectivity index (χ1) is 43.5. The molecule has 2 fully saturated rings. The van der Waals surface area contributed by atoms with Crippen LogP contribution < -0.4 is 0 Å². The topological polar surface area (TPSA) is 464 Å². The minimum atomic E-state index is -1.87. The van der Waals surface area contributed by atoms with Gasteiger partial charge in [0.1, 0.15) is 67.1 Å². The van der Waals surface area contributed by atoms with Crippen molar-refractivity contribution in [2.75, 3.05) is 6.61 Å². The van der Waals surface area contributed by atoms with E-state index in [9.17, 15) is 107 Å². The first kappa shape index (κ1) is 86.1. The molecule has 92 heavy (non-hydrogen) atoms. The zero-order valence-corrected chi connectivity index (χ0v) is 55.2. The number of hydrogen-bond donors (Lipinski definition) is 22. The zero-order chi connectivity index (χ0) is 69.2. The molecule has 2 heterocycles. The van der Waals surface area contributed by atoms with Crippen molar-refractivity contribution in [2.45, 2.75) is 334 Å². The van der Waals surface area contributed by atoms with E-state index in [4.69, 9.17) is 26.2 Å². The number of rotatable bonds is 50. The van der Waals surface area contributed by atoms with E-state index >= 15 is 0 Å². The normalized spacial score (nSPS) is 28.2. The van der Waals surface area contributed by atoms with Crippen LogP contribution in [-0.2, 0) is 9.47 Å². The molecule has 2 saturated heterocycles. The Labute approximate surface area is 549 Å². The van der Waals surface area contributed by atoms with Gasteiger partial charge >= 0.3 is 0 Å². The summed E-state index contributed by atoms with van der Waals surface area (Å²) in [5.74, 6) is -1.79. The highest BCUT2D eigenvalue weighted by atomic mass is 35.5. The van der Waals surface area contributed by atoms with E-state index in [1.54, 1.807) is 45.1 Å². The first-order valence-electron chi connectivity index (χ1n) is 33.6. The summed E-state index contributed by atoms with van der Waals surface area (Å²) in [6.45, 7) is 8.34. The van der Waals surface area contributed by atoms with Crippen LogP contribution in [0.25, 0.3) is 0 Å². The van der Waals surface area contributed by atoms with Crippen LogP contribution in [0.15, 0.2) is 60.2 Å². The Morgan fingerprint density at radius 1 is 0.500 bits per heavy atom. The van der Waals surface area contributed by atoms with Crippen molar-refractivity contribution in [1.29, 1.82) is 0 Å². The number of unbranched alkanes of at least 4 members (excludes halogenated alkanes) is 7.